The minimum atomic E-state index is 0.0433. The third-order valence-electron chi connectivity index (χ3n) is 2.73. The monoisotopic (exact) mass is 253 g/mol. The van der Waals surface area contributed by atoms with Crippen molar-refractivity contribution in [1.29, 1.82) is 0 Å². The molecule has 0 saturated carbocycles. The van der Waals surface area contributed by atoms with Gasteiger partial charge in [-0.3, -0.25) is 0 Å². The van der Waals surface area contributed by atoms with E-state index in [0.29, 0.717) is 5.02 Å². The highest BCUT2D eigenvalue weighted by molar-refractivity contribution is 6.31. The minimum Gasteiger partial charge on any atom is -0.459 e. The number of fused-ring (bicyclic) bond motifs is 1. The van der Waals surface area contributed by atoms with Gasteiger partial charge < -0.3 is 14.8 Å². The van der Waals surface area contributed by atoms with Gasteiger partial charge in [-0.05, 0) is 38.1 Å². The first-order valence-corrected chi connectivity index (χ1v) is 6.04. The number of furan rings is 1. The van der Waals surface area contributed by atoms with Gasteiger partial charge in [-0.25, -0.2) is 0 Å². The van der Waals surface area contributed by atoms with Gasteiger partial charge in [0.1, 0.15) is 11.3 Å². The Morgan fingerprint density at radius 3 is 2.82 bits per heavy atom. The van der Waals surface area contributed by atoms with Crippen molar-refractivity contribution in [3.8, 4) is 0 Å². The van der Waals surface area contributed by atoms with Gasteiger partial charge in [-0.2, -0.15) is 0 Å². The topological polar surface area (TPSA) is 45.4 Å². The van der Waals surface area contributed by atoms with Crippen molar-refractivity contribution in [3.63, 3.8) is 0 Å². The number of nitrogens with one attached hydrogen (secondary N) is 1. The lowest BCUT2D eigenvalue weighted by molar-refractivity contribution is 0.239. The van der Waals surface area contributed by atoms with Crippen LogP contribution in [0.15, 0.2) is 28.7 Å². The molecule has 0 aliphatic carbocycles. The number of aliphatic hydroxyl groups excluding tert-OH is 1. The van der Waals surface area contributed by atoms with Crippen molar-refractivity contribution in [1.82, 2.24) is 5.32 Å². The Labute approximate surface area is 105 Å². The zero-order valence-electron chi connectivity index (χ0n) is 9.90. The summed E-state index contributed by atoms with van der Waals surface area (Å²) in [6, 6.07) is 7.63. The number of rotatable bonds is 4. The van der Waals surface area contributed by atoms with E-state index < -0.39 is 0 Å². The van der Waals surface area contributed by atoms with E-state index in [1.165, 1.54) is 0 Å². The summed E-state index contributed by atoms with van der Waals surface area (Å²) in [4.78, 5) is 0. The summed E-state index contributed by atoms with van der Waals surface area (Å²) in [5, 5.41) is 13.9. The van der Waals surface area contributed by atoms with Crippen molar-refractivity contribution in [2.24, 2.45) is 0 Å². The van der Waals surface area contributed by atoms with Crippen LogP contribution in [0, 0.1) is 0 Å². The normalized spacial score (nSPS) is 15.1. The molecule has 0 aliphatic heterocycles. The molecule has 0 spiro atoms. The maximum absolute atomic E-state index is 9.00. The van der Waals surface area contributed by atoms with Gasteiger partial charge in [-0.15, -0.1) is 0 Å². The number of hydrogen-bond donors (Lipinski definition) is 2. The molecule has 1 heterocycles. The SMILES string of the molecule is C[C@H](CO)N[C@@H](C)c1cc2cc(Cl)ccc2o1. The van der Waals surface area contributed by atoms with Crippen LogP contribution in [-0.2, 0) is 0 Å². The Morgan fingerprint density at radius 1 is 1.35 bits per heavy atom. The molecule has 4 heteroatoms. The minimum absolute atomic E-state index is 0.0433. The molecule has 0 fully saturated rings. The second-order valence-electron chi connectivity index (χ2n) is 4.30. The summed E-state index contributed by atoms with van der Waals surface area (Å²) in [5.41, 5.74) is 0.828. The van der Waals surface area contributed by atoms with E-state index in [4.69, 9.17) is 21.1 Å². The lowest BCUT2D eigenvalue weighted by atomic mass is 10.2. The largest absolute Gasteiger partial charge is 0.459 e. The second kappa shape index (κ2) is 5.08. The van der Waals surface area contributed by atoms with E-state index in [9.17, 15) is 0 Å². The Balaban J connectivity index is 2.24. The molecule has 0 saturated heterocycles. The standard InChI is InChI=1S/C13H16ClNO2/c1-8(7-16)15-9(2)13-6-10-5-11(14)3-4-12(10)17-13/h3-6,8-9,15-16H,7H2,1-2H3/t8-,9+/m1/s1. The van der Waals surface area contributed by atoms with Crippen LogP contribution in [0.25, 0.3) is 11.0 Å². The number of aliphatic hydroxyl groups is 1. The van der Waals surface area contributed by atoms with Gasteiger partial charge in [0.2, 0.25) is 0 Å². The molecule has 1 aromatic carbocycles. The zero-order valence-corrected chi connectivity index (χ0v) is 10.7. The average Bonchev–Trinajstić information content (AvgIpc) is 2.71. The van der Waals surface area contributed by atoms with E-state index in [-0.39, 0.29) is 18.7 Å². The number of halogens is 1. The summed E-state index contributed by atoms with van der Waals surface area (Å²) in [7, 11) is 0. The average molecular weight is 254 g/mol. The highest BCUT2D eigenvalue weighted by Gasteiger charge is 2.13. The van der Waals surface area contributed by atoms with Gasteiger partial charge in [0.15, 0.2) is 0 Å². The maximum atomic E-state index is 9.00. The first-order valence-electron chi connectivity index (χ1n) is 5.66. The highest BCUT2D eigenvalue weighted by atomic mass is 35.5. The van der Waals surface area contributed by atoms with E-state index in [0.717, 1.165) is 16.7 Å². The van der Waals surface area contributed by atoms with Crippen LogP contribution in [0.1, 0.15) is 25.6 Å². The van der Waals surface area contributed by atoms with E-state index in [1.807, 2.05) is 38.1 Å². The van der Waals surface area contributed by atoms with Crippen LogP contribution in [0.4, 0.5) is 0 Å². The third-order valence-corrected chi connectivity index (χ3v) is 2.97. The van der Waals surface area contributed by atoms with Crippen molar-refractivity contribution >= 4 is 22.6 Å². The van der Waals surface area contributed by atoms with Crippen molar-refractivity contribution in [3.05, 3.63) is 35.0 Å². The lowest BCUT2D eigenvalue weighted by Gasteiger charge is -2.15. The van der Waals surface area contributed by atoms with Gasteiger partial charge in [0.05, 0.1) is 12.6 Å². The van der Waals surface area contributed by atoms with E-state index in [2.05, 4.69) is 5.32 Å². The van der Waals surface area contributed by atoms with Gasteiger partial charge in [0, 0.05) is 16.5 Å². The summed E-state index contributed by atoms with van der Waals surface area (Å²) < 4.78 is 5.73. The van der Waals surface area contributed by atoms with Crippen LogP contribution in [0.3, 0.4) is 0 Å². The maximum Gasteiger partial charge on any atom is 0.134 e. The van der Waals surface area contributed by atoms with Crippen molar-refractivity contribution in [2.45, 2.75) is 25.9 Å². The highest BCUT2D eigenvalue weighted by Crippen LogP contribution is 2.26. The quantitative estimate of drug-likeness (QED) is 0.880. The second-order valence-corrected chi connectivity index (χ2v) is 4.74. The van der Waals surface area contributed by atoms with Gasteiger partial charge in [0.25, 0.3) is 0 Å². The van der Waals surface area contributed by atoms with Crippen LogP contribution >= 0.6 is 11.6 Å². The molecule has 17 heavy (non-hydrogen) atoms. The lowest BCUT2D eigenvalue weighted by Crippen LogP contribution is -2.31. The summed E-state index contributed by atoms with van der Waals surface area (Å²) in [6.07, 6.45) is 0. The molecular formula is C13H16ClNO2. The van der Waals surface area contributed by atoms with Gasteiger partial charge >= 0.3 is 0 Å². The van der Waals surface area contributed by atoms with Crippen molar-refractivity contribution < 1.29 is 9.52 Å². The molecule has 2 rings (SSSR count). The van der Waals surface area contributed by atoms with Crippen molar-refractivity contribution in [2.75, 3.05) is 6.61 Å². The number of hydrogen-bond acceptors (Lipinski definition) is 3. The molecule has 2 aromatic rings. The Bertz CT molecular complexity index is 509. The molecule has 3 nitrogen and oxygen atoms in total. The molecule has 0 aliphatic rings. The number of benzene rings is 1. The first-order chi connectivity index (χ1) is 8.10. The van der Waals surface area contributed by atoms with Crippen LogP contribution in [0.5, 0.6) is 0 Å². The summed E-state index contributed by atoms with van der Waals surface area (Å²) >= 11 is 5.92. The summed E-state index contributed by atoms with van der Waals surface area (Å²) in [6.45, 7) is 4.04. The Morgan fingerprint density at radius 2 is 2.12 bits per heavy atom. The van der Waals surface area contributed by atoms with Gasteiger partial charge in [-0.1, -0.05) is 11.6 Å². The molecule has 0 radical (unpaired) electrons. The zero-order chi connectivity index (χ0) is 12.4. The first kappa shape index (κ1) is 12.4. The fraction of sp³-hybridized carbons (Fsp3) is 0.385. The molecule has 0 bridgehead atoms. The van der Waals surface area contributed by atoms with E-state index >= 15 is 0 Å². The van der Waals surface area contributed by atoms with Crippen LogP contribution in [0.2, 0.25) is 5.02 Å². The molecule has 2 N–H and O–H groups in total. The predicted octanol–water partition coefficient (Wildman–Crippen LogP) is 3.12. The fourth-order valence-electron chi connectivity index (χ4n) is 1.81. The predicted molar refractivity (Wildman–Crippen MR) is 69.3 cm³/mol. The Kier molecular flexibility index (Phi) is 3.72. The molecule has 1 aromatic heterocycles. The fourth-order valence-corrected chi connectivity index (χ4v) is 1.99. The Hall–Kier alpha value is -1.03. The van der Waals surface area contributed by atoms with E-state index in [1.54, 1.807) is 0 Å². The smallest absolute Gasteiger partial charge is 0.134 e. The van der Waals surface area contributed by atoms with Crippen LogP contribution in [-0.4, -0.2) is 17.8 Å². The molecular weight excluding hydrogens is 238 g/mol. The summed E-state index contributed by atoms with van der Waals surface area (Å²) in [5.74, 6) is 0.850. The van der Waals surface area contributed by atoms with Crippen LogP contribution < -0.4 is 5.32 Å². The molecule has 2 atom stereocenters. The third kappa shape index (κ3) is 2.80. The molecule has 0 unspecified atom stereocenters. The molecule has 0 amide bonds. The molecule has 92 valence electrons.